The number of hydrogen-bond donors (Lipinski definition) is 0. The van der Waals surface area contributed by atoms with E-state index in [2.05, 4.69) is 51.1 Å². The standard InChI is InChI=1S/C19H26O/c1-18(2)16-12-13-19(18,3)17(20)15(16)11-7-10-14-8-5-4-6-9-14/h4-6,8-9,15-16H,7,10-13H2,1-3H3. The SMILES string of the molecule is CC12CCC(C(CCCc3ccccc3)C1=O)C2(C)C. The van der Waals surface area contributed by atoms with Gasteiger partial charge >= 0.3 is 0 Å². The van der Waals surface area contributed by atoms with Crippen molar-refractivity contribution in [2.24, 2.45) is 22.7 Å². The fourth-order valence-electron chi connectivity index (χ4n) is 4.78. The molecule has 3 rings (SSSR count). The summed E-state index contributed by atoms with van der Waals surface area (Å²) >= 11 is 0. The van der Waals surface area contributed by atoms with Crippen molar-refractivity contribution < 1.29 is 4.79 Å². The minimum Gasteiger partial charge on any atom is -0.299 e. The highest BCUT2D eigenvalue weighted by atomic mass is 16.1. The van der Waals surface area contributed by atoms with E-state index in [9.17, 15) is 4.79 Å². The van der Waals surface area contributed by atoms with Gasteiger partial charge in [-0.2, -0.15) is 0 Å². The number of rotatable bonds is 4. The van der Waals surface area contributed by atoms with E-state index in [0.29, 0.717) is 17.6 Å². The Morgan fingerprint density at radius 2 is 1.85 bits per heavy atom. The Morgan fingerprint density at radius 1 is 1.15 bits per heavy atom. The van der Waals surface area contributed by atoms with Gasteiger partial charge in [0.15, 0.2) is 0 Å². The summed E-state index contributed by atoms with van der Waals surface area (Å²) < 4.78 is 0. The van der Waals surface area contributed by atoms with E-state index in [4.69, 9.17) is 0 Å². The zero-order chi connectivity index (χ0) is 14.4. The molecule has 0 spiro atoms. The van der Waals surface area contributed by atoms with Crippen LogP contribution >= 0.6 is 0 Å². The van der Waals surface area contributed by atoms with Crippen molar-refractivity contribution in [1.82, 2.24) is 0 Å². The molecular weight excluding hydrogens is 244 g/mol. The van der Waals surface area contributed by atoms with Crippen molar-refractivity contribution in [3.05, 3.63) is 35.9 Å². The summed E-state index contributed by atoms with van der Waals surface area (Å²) in [6, 6.07) is 10.6. The number of fused-ring (bicyclic) bond motifs is 2. The van der Waals surface area contributed by atoms with Gasteiger partial charge in [0.05, 0.1) is 0 Å². The highest BCUT2D eigenvalue weighted by Gasteiger charge is 2.65. The van der Waals surface area contributed by atoms with Gasteiger partial charge in [-0.1, -0.05) is 51.1 Å². The molecule has 0 radical (unpaired) electrons. The lowest BCUT2D eigenvalue weighted by Crippen LogP contribution is -2.33. The normalized spacial score (nSPS) is 34.6. The molecule has 1 aromatic rings. The molecule has 2 aliphatic rings. The maximum absolute atomic E-state index is 12.7. The molecule has 2 fully saturated rings. The first-order valence-corrected chi connectivity index (χ1v) is 8.05. The Bertz CT molecular complexity index is 502. The van der Waals surface area contributed by atoms with Crippen LogP contribution in [0.4, 0.5) is 0 Å². The van der Waals surface area contributed by atoms with E-state index in [1.54, 1.807) is 0 Å². The Labute approximate surface area is 122 Å². The van der Waals surface area contributed by atoms with Gasteiger partial charge in [0.25, 0.3) is 0 Å². The molecule has 0 heterocycles. The predicted octanol–water partition coefficient (Wildman–Crippen LogP) is 4.65. The molecule has 3 unspecified atom stereocenters. The lowest BCUT2D eigenvalue weighted by molar-refractivity contribution is -0.131. The molecule has 2 aliphatic carbocycles. The summed E-state index contributed by atoms with van der Waals surface area (Å²) in [7, 11) is 0. The third kappa shape index (κ3) is 1.86. The minimum absolute atomic E-state index is 0.0465. The molecule has 0 saturated heterocycles. The van der Waals surface area contributed by atoms with Crippen LogP contribution in [0, 0.1) is 22.7 Å². The van der Waals surface area contributed by atoms with Gasteiger partial charge in [0, 0.05) is 11.3 Å². The highest BCUT2D eigenvalue weighted by Crippen LogP contribution is 2.66. The zero-order valence-corrected chi connectivity index (χ0v) is 13.0. The molecule has 20 heavy (non-hydrogen) atoms. The Balaban J connectivity index is 1.64. The van der Waals surface area contributed by atoms with Crippen LogP contribution in [-0.4, -0.2) is 5.78 Å². The fourth-order valence-corrected chi connectivity index (χ4v) is 4.78. The van der Waals surface area contributed by atoms with Crippen molar-refractivity contribution >= 4 is 5.78 Å². The second-order valence-corrected chi connectivity index (χ2v) is 7.55. The lowest BCUT2D eigenvalue weighted by Gasteiger charge is -2.32. The molecule has 0 N–H and O–H groups in total. The molecule has 0 aliphatic heterocycles. The average Bonchev–Trinajstić information content (AvgIpc) is 2.74. The van der Waals surface area contributed by atoms with Crippen molar-refractivity contribution in [1.29, 1.82) is 0 Å². The van der Waals surface area contributed by atoms with Crippen LogP contribution in [0.25, 0.3) is 0 Å². The summed E-state index contributed by atoms with van der Waals surface area (Å²) in [5, 5.41) is 0. The molecule has 1 aromatic carbocycles. The van der Waals surface area contributed by atoms with E-state index in [0.717, 1.165) is 25.7 Å². The van der Waals surface area contributed by atoms with Gasteiger partial charge in [-0.25, -0.2) is 0 Å². The Hall–Kier alpha value is -1.11. The minimum atomic E-state index is -0.0465. The van der Waals surface area contributed by atoms with Crippen LogP contribution in [0.1, 0.15) is 52.0 Å². The van der Waals surface area contributed by atoms with Crippen LogP contribution in [0.15, 0.2) is 30.3 Å². The molecule has 0 amide bonds. The summed E-state index contributed by atoms with van der Waals surface area (Å²) in [6.45, 7) is 6.85. The number of Topliss-reactive ketones (excluding diaryl/α,β-unsaturated/α-hetero) is 1. The van der Waals surface area contributed by atoms with Gasteiger partial charge in [-0.05, 0) is 49.0 Å². The lowest BCUT2D eigenvalue weighted by atomic mass is 9.70. The summed E-state index contributed by atoms with van der Waals surface area (Å²) in [5.41, 5.74) is 1.56. The first kappa shape index (κ1) is 13.9. The van der Waals surface area contributed by atoms with Gasteiger partial charge in [-0.3, -0.25) is 4.79 Å². The van der Waals surface area contributed by atoms with Crippen molar-refractivity contribution in [2.75, 3.05) is 0 Å². The zero-order valence-electron chi connectivity index (χ0n) is 13.0. The van der Waals surface area contributed by atoms with Crippen LogP contribution in [-0.2, 0) is 11.2 Å². The van der Waals surface area contributed by atoms with E-state index in [1.165, 1.54) is 12.0 Å². The average molecular weight is 270 g/mol. The maximum atomic E-state index is 12.7. The predicted molar refractivity (Wildman–Crippen MR) is 82.5 cm³/mol. The molecule has 3 atom stereocenters. The largest absolute Gasteiger partial charge is 0.299 e. The van der Waals surface area contributed by atoms with E-state index in [1.807, 2.05) is 0 Å². The quantitative estimate of drug-likeness (QED) is 0.778. The summed E-state index contributed by atoms with van der Waals surface area (Å²) in [6.07, 6.45) is 5.69. The first-order valence-electron chi connectivity index (χ1n) is 8.05. The van der Waals surface area contributed by atoms with Gasteiger partial charge < -0.3 is 0 Å². The van der Waals surface area contributed by atoms with Gasteiger partial charge in [-0.15, -0.1) is 0 Å². The first-order chi connectivity index (χ1) is 9.47. The molecule has 2 saturated carbocycles. The smallest absolute Gasteiger partial charge is 0.142 e. The monoisotopic (exact) mass is 270 g/mol. The number of hydrogen-bond acceptors (Lipinski definition) is 1. The maximum Gasteiger partial charge on any atom is 0.142 e. The van der Waals surface area contributed by atoms with E-state index < -0.39 is 0 Å². The Morgan fingerprint density at radius 3 is 2.45 bits per heavy atom. The van der Waals surface area contributed by atoms with Crippen LogP contribution in [0.5, 0.6) is 0 Å². The molecule has 0 aromatic heterocycles. The third-order valence-electron chi connectivity index (χ3n) is 6.49. The van der Waals surface area contributed by atoms with E-state index in [-0.39, 0.29) is 10.8 Å². The second kappa shape index (κ2) is 4.72. The van der Waals surface area contributed by atoms with Gasteiger partial charge in [0.1, 0.15) is 5.78 Å². The molecule has 1 nitrogen and oxygen atoms in total. The van der Waals surface area contributed by atoms with Crippen LogP contribution < -0.4 is 0 Å². The van der Waals surface area contributed by atoms with Crippen molar-refractivity contribution in [3.8, 4) is 0 Å². The molecule has 108 valence electrons. The molecule has 2 bridgehead atoms. The Kier molecular flexibility index (Phi) is 3.27. The van der Waals surface area contributed by atoms with Crippen LogP contribution in [0.2, 0.25) is 0 Å². The molecular formula is C19H26O. The summed E-state index contributed by atoms with van der Waals surface area (Å²) in [5.74, 6) is 1.51. The molecule has 1 heteroatoms. The fraction of sp³-hybridized carbons (Fsp3) is 0.632. The van der Waals surface area contributed by atoms with Gasteiger partial charge in [0.2, 0.25) is 0 Å². The number of aryl methyl sites for hydroxylation is 1. The summed E-state index contributed by atoms with van der Waals surface area (Å²) in [4.78, 5) is 12.7. The topological polar surface area (TPSA) is 17.1 Å². The highest BCUT2D eigenvalue weighted by molar-refractivity contribution is 5.91. The third-order valence-corrected chi connectivity index (χ3v) is 6.49. The number of ketones is 1. The second-order valence-electron chi connectivity index (χ2n) is 7.55. The van der Waals surface area contributed by atoms with Crippen molar-refractivity contribution in [2.45, 2.75) is 52.9 Å². The number of carbonyl (C=O) groups is 1. The number of benzene rings is 1. The van der Waals surface area contributed by atoms with Crippen molar-refractivity contribution in [3.63, 3.8) is 0 Å². The number of carbonyl (C=O) groups excluding carboxylic acids is 1. The van der Waals surface area contributed by atoms with E-state index >= 15 is 0 Å². The van der Waals surface area contributed by atoms with Crippen LogP contribution in [0.3, 0.4) is 0 Å².